The van der Waals surface area contributed by atoms with E-state index in [0.717, 1.165) is 5.56 Å². The number of esters is 1. The second kappa shape index (κ2) is 7.51. The molecule has 0 aliphatic carbocycles. The zero-order chi connectivity index (χ0) is 18.7. The van der Waals surface area contributed by atoms with Crippen LogP contribution in [0.5, 0.6) is 0 Å². The average Bonchev–Trinajstić information content (AvgIpc) is 2.50. The van der Waals surface area contributed by atoms with Gasteiger partial charge in [-0.2, -0.15) is 0 Å². The standard InChI is InChI=1S/C19H31NO3Si/c1-13(17(18(22)23-6)20-14(2)21)15-9-11-16(12-10-15)24(7,8)19(3,4)5/h9-13,17H,1-8H3,(H,20,21)/t13?,17-/m0/s1. The number of benzene rings is 1. The maximum absolute atomic E-state index is 12.0. The molecule has 0 bridgehead atoms. The number of methoxy groups -OCH3 is 1. The van der Waals surface area contributed by atoms with Crippen molar-refractivity contribution in [1.29, 1.82) is 0 Å². The molecule has 134 valence electrons. The molecule has 1 rings (SSSR count). The van der Waals surface area contributed by atoms with Crippen LogP contribution in [0.1, 0.15) is 46.1 Å². The molecule has 0 fully saturated rings. The predicted molar refractivity (Wildman–Crippen MR) is 101 cm³/mol. The van der Waals surface area contributed by atoms with Gasteiger partial charge in [0, 0.05) is 12.8 Å². The second-order valence-electron chi connectivity index (χ2n) is 7.99. The molecule has 1 aromatic carbocycles. The number of nitrogens with one attached hydrogen (secondary N) is 1. The Balaban J connectivity index is 3.10. The highest BCUT2D eigenvalue weighted by atomic mass is 28.3. The number of ether oxygens (including phenoxy) is 1. The van der Waals surface area contributed by atoms with Gasteiger partial charge in [-0.25, -0.2) is 4.79 Å². The smallest absolute Gasteiger partial charge is 0.328 e. The van der Waals surface area contributed by atoms with Gasteiger partial charge in [0.25, 0.3) is 0 Å². The largest absolute Gasteiger partial charge is 0.467 e. The van der Waals surface area contributed by atoms with E-state index >= 15 is 0 Å². The van der Waals surface area contributed by atoms with Crippen LogP contribution in [-0.2, 0) is 14.3 Å². The van der Waals surface area contributed by atoms with Crippen LogP contribution in [0.3, 0.4) is 0 Å². The first-order valence-electron chi connectivity index (χ1n) is 8.37. The van der Waals surface area contributed by atoms with E-state index < -0.39 is 20.1 Å². The van der Waals surface area contributed by atoms with Crippen LogP contribution in [0.4, 0.5) is 0 Å². The number of hydrogen-bond acceptors (Lipinski definition) is 3. The van der Waals surface area contributed by atoms with Crippen molar-refractivity contribution < 1.29 is 14.3 Å². The molecule has 0 heterocycles. The molecule has 4 nitrogen and oxygen atoms in total. The summed E-state index contributed by atoms with van der Waals surface area (Å²) >= 11 is 0. The van der Waals surface area contributed by atoms with E-state index in [4.69, 9.17) is 4.74 Å². The minimum absolute atomic E-state index is 0.158. The Hall–Kier alpha value is -1.62. The van der Waals surface area contributed by atoms with E-state index in [1.807, 2.05) is 6.92 Å². The fraction of sp³-hybridized carbons (Fsp3) is 0.579. The molecule has 1 N–H and O–H groups in total. The van der Waals surface area contributed by atoms with Gasteiger partial charge in [-0.15, -0.1) is 0 Å². The summed E-state index contributed by atoms with van der Waals surface area (Å²) in [5.41, 5.74) is 1.02. The number of hydrogen-bond donors (Lipinski definition) is 1. The molecule has 0 aromatic heterocycles. The van der Waals surface area contributed by atoms with Gasteiger partial charge in [0.1, 0.15) is 6.04 Å². The minimum Gasteiger partial charge on any atom is -0.467 e. The Morgan fingerprint density at radius 1 is 1.12 bits per heavy atom. The summed E-state index contributed by atoms with van der Waals surface area (Å²) in [7, 11) is -0.244. The van der Waals surface area contributed by atoms with Gasteiger partial charge in [0.2, 0.25) is 5.91 Å². The fourth-order valence-electron chi connectivity index (χ4n) is 2.56. The van der Waals surface area contributed by atoms with Crippen molar-refractivity contribution in [1.82, 2.24) is 5.32 Å². The van der Waals surface area contributed by atoms with Crippen molar-refractivity contribution in [3.8, 4) is 0 Å². The summed E-state index contributed by atoms with van der Waals surface area (Å²) in [4.78, 5) is 23.4. The van der Waals surface area contributed by atoms with E-state index in [9.17, 15) is 9.59 Å². The van der Waals surface area contributed by atoms with Gasteiger partial charge in [-0.3, -0.25) is 4.79 Å². The molecule has 24 heavy (non-hydrogen) atoms. The molecule has 1 unspecified atom stereocenters. The molecule has 5 heteroatoms. The zero-order valence-electron chi connectivity index (χ0n) is 16.2. The van der Waals surface area contributed by atoms with Crippen LogP contribution in [0.15, 0.2) is 24.3 Å². The molecule has 0 saturated heterocycles. The molecule has 0 aliphatic heterocycles. The van der Waals surface area contributed by atoms with Crippen molar-refractivity contribution in [3.05, 3.63) is 29.8 Å². The summed E-state index contributed by atoms with van der Waals surface area (Å²) in [6.45, 7) is 15.0. The summed E-state index contributed by atoms with van der Waals surface area (Å²) in [6.07, 6.45) is 0. The third-order valence-electron chi connectivity index (χ3n) is 5.35. The Kier molecular flexibility index (Phi) is 6.39. The van der Waals surface area contributed by atoms with E-state index in [1.165, 1.54) is 19.2 Å². The quantitative estimate of drug-likeness (QED) is 0.656. The third kappa shape index (κ3) is 4.47. The predicted octanol–water partition coefficient (Wildman–Crippen LogP) is 3.18. The van der Waals surface area contributed by atoms with Crippen LogP contribution in [-0.4, -0.2) is 33.1 Å². The Bertz CT molecular complexity index is 588. The monoisotopic (exact) mass is 349 g/mol. The Morgan fingerprint density at radius 2 is 1.62 bits per heavy atom. The molecule has 1 aromatic rings. The number of rotatable bonds is 5. The Labute approximate surface area is 147 Å². The van der Waals surface area contributed by atoms with Crippen LogP contribution in [0, 0.1) is 0 Å². The fourth-order valence-corrected chi connectivity index (χ4v) is 4.43. The zero-order valence-corrected chi connectivity index (χ0v) is 17.2. The van der Waals surface area contributed by atoms with Crippen LogP contribution in [0.25, 0.3) is 0 Å². The van der Waals surface area contributed by atoms with Gasteiger partial charge in [-0.1, -0.05) is 70.2 Å². The topological polar surface area (TPSA) is 55.4 Å². The first-order valence-corrected chi connectivity index (χ1v) is 11.4. The van der Waals surface area contributed by atoms with Crippen molar-refractivity contribution in [3.63, 3.8) is 0 Å². The number of carbonyl (C=O) groups excluding carboxylic acids is 2. The highest BCUT2D eigenvalue weighted by Gasteiger charge is 2.37. The van der Waals surface area contributed by atoms with Gasteiger partial charge in [-0.05, 0) is 10.6 Å². The summed E-state index contributed by atoms with van der Waals surface area (Å²) < 4.78 is 4.83. The molecule has 0 spiro atoms. The maximum atomic E-state index is 12.0. The lowest BCUT2D eigenvalue weighted by molar-refractivity contribution is -0.145. The molecule has 1 amide bonds. The lowest BCUT2D eigenvalue weighted by Crippen LogP contribution is -2.49. The van der Waals surface area contributed by atoms with Gasteiger partial charge in [0.15, 0.2) is 0 Å². The minimum atomic E-state index is -1.58. The van der Waals surface area contributed by atoms with Gasteiger partial charge >= 0.3 is 5.97 Å². The normalized spacial score (nSPS) is 14.7. The molecular formula is C19H31NO3Si. The van der Waals surface area contributed by atoms with Crippen LogP contribution >= 0.6 is 0 Å². The van der Waals surface area contributed by atoms with Crippen molar-refractivity contribution in [2.45, 2.75) is 64.7 Å². The third-order valence-corrected chi connectivity index (χ3v) is 10.9. The van der Waals surface area contributed by atoms with Gasteiger partial charge in [0.05, 0.1) is 15.2 Å². The molecule has 0 radical (unpaired) electrons. The molecule has 0 aliphatic rings. The highest BCUT2D eigenvalue weighted by Crippen LogP contribution is 2.35. The van der Waals surface area contributed by atoms with Crippen molar-refractivity contribution >= 4 is 25.1 Å². The molecule has 0 saturated carbocycles. The SMILES string of the molecule is COC(=O)[C@@H](NC(C)=O)C(C)c1ccc([Si](C)(C)C(C)(C)C)cc1. The van der Waals surface area contributed by atoms with E-state index in [2.05, 4.69) is 63.4 Å². The highest BCUT2D eigenvalue weighted by molar-refractivity contribution is 6.92. The number of carbonyl (C=O) groups is 2. The molecular weight excluding hydrogens is 318 g/mol. The lowest BCUT2D eigenvalue weighted by Gasteiger charge is -2.37. The summed E-state index contributed by atoms with van der Waals surface area (Å²) in [5, 5.41) is 4.35. The van der Waals surface area contributed by atoms with Crippen LogP contribution < -0.4 is 10.5 Å². The van der Waals surface area contributed by atoms with E-state index in [0.29, 0.717) is 0 Å². The van der Waals surface area contributed by atoms with Crippen molar-refractivity contribution in [2.75, 3.05) is 7.11 Å². The van der Waals surface area contributed by atoms with E-state index in [1.54, 1.807) is 0 Å². The maximum Gasteiger partial charge on any atom is 0.328 e. The summed E-state index contributed by atoms with van der Waals surface area (Å²) in [6, 6.07) is 7.80. The van der Waals surface area contributed by atoms with Crippen LogP contribution in [0.2, 0.25) is 18.1 Å². The van der Waals surface area contributed by atoms with Gasteiger partial charge < -0.3 is 10.1 Å². The van der Waals surface area contributed by atoms with Crippen molar-refractivity contribution in [2.24, 2.45) is 0 Å². The molecule has 2 atom stereocenters. The number of amides is 1. The first kappa shape index (κ1) is 20.4. The van der Waals surface area contributed by atoms with E-state index in [-0.39, 0.29) is 16.9 Å². The average molecular weight is 350 g/mol. The summed E-state index contributed by atoms with van der Waals surface area (Å²) in [5.74, 6) is -0.823. The second-order valence-corrected chi connectivity index (χ2v) is 13.3. The lowest BCUT2D eigenvalue weighted by atomic mass is 9.93. The Morgan fingerprint density at radius 3 is 2.00 bits per heavy atom. The first-order chi connectivity index (χ1) is 10.9.